The molecule has 1 heterocycles. The van der Waals surface area contributed by atoms with Gasteiger partial charge in [0, 0.05) is 18.2 Å². The van der Waals surface area contributed by atoms with Crippen molar-refractivity contribution in [1.29, 1.82) is 0 Å². The number of hydrogen-bond donors (Lipinski definition) is 1. The van der Waals surface area contributed by atoms with Crippen molar-refractivity contribution < 1.29 is 14.3 Å². The second kappa shape index (κ2) is 10.2. The number of carbonyl (C=O) groups is 1. The first-order chi connectivity index (χ1) is 14.5. The number of hydrogen-bond acceptors (Lipinski definition) is 5. The lowest BCUT2D eigenvalue weighted by molar-refractivity contribution is -0.123. The summed E-state index contributed by atoms with van der Waals surface area (Å²) in [4.78, 5) is 24.1. The Kier molecular flexibility index (Phi) is 7.21. The fourth-order valence-electron chi connectivity index (χ4n) is 2.79. The van der Waals surface area contributed by atoms with E-state index in [-0.39, 0.29) is 31.2 Å². The van der Waals surface area contributed by atoms with Gasteiger partial charge in [0.1, 0.15) is 11.5 Å². The van der Waals surface area contributed by atoms with Gasteiger partial charge in [0.2, 0.25) is 0 Å². The molecule has 3 aromatic rings. The number of carbonyl (C=O) groups excluding carboxylic acids is 1. The van der Waals surface area contributed by atoms with Gasteiger partial charge in [-0.2, -0.15) is 5.10 Å². The summed E-state index contributed by atoms with van der Waals surface area (Å²) in [6, 6.07) is 18.2. The van der Waals surface area contributed by atoms with Crippen molar-refractivity contribution >= 4 is 5.91 Å². The highest BCUT2D eigenvalue weighted by Gasteiger charge is 2.06. The van der Waals surface area contributed by atoms with Gasteiger partial charge >= 0.3 is 0 Å². The minimum absolute atomic E-state index is 0.0857. The summed E-state index contributed by atoms with van der Waals surface area (Å²) >= 11 is 0. The molecule has 1 N–H and O–H groups in total. The molecule has 0 fully saturated rings. The number of ether oxygens (including phenoxy) is 2. The van der Waals surface area contributed by atoms with Gasteiger partial charge in [-0.05, 0) is 56.3 Å². The average molecular weight is 407 g/mol. The van der Waals surface area contributed by atoms with Gasteiger partial charge in [0.05, 0.1) is 18.8 Å². The number of nitrogens with zero attached hydrogens (tertiary/aromatic N) is 2. The van der Waals surface area contributed by atoms with Crippen molar-refractivity contribution in [2.75, 3.05) is 19.8 Å². The van der Waals surface area contributed by atoms with Gasteiger partial charge in [-0.25, -0.2) is 4.68 Å². The van der Waals surface area contributed by atoms with Crippen LogP contribution >= 0.6 is 0 Å². The van der Waals surface area contributed by atoms with Gasteiger partial charge in [-0.15, -0.1) is 0 Å². The molecule has 0 radical (unpaired) electrons. The van der Waals surface area contributed by atoms with Crippen LogP contribution in [0.3, 0.4) is 0 Å². The number of aryl methyl sites for hydroxylation is 1. The Morgan fingerprint density at radius 2 is 1.63 bits per heavy atom. The number of benzene rings is 2. The maximum absolute atomic E-state index is 12.1. The van der Waals surface area contributed by atoms with Crippen LogP contribution in [0.2, 0.25) is 0 Å². The molecule has 0 unspecified atom stereocenters. The largest absolute Gasteiger partial charge is 0.494 e. The van der Waals surface area contributed by atoms with Gasteiger partial charge in [-0.1, -0.05) is 17.7 Å². The quantitative estimate of drug-likeness (QED) is 0.590. The first-order valence-electron chi connectivity index (χ1n) is 9.82. The lowest BCUT2D eigenvalue weighted by atomic mass is 10.1. The topological polar surface area (TPSA) is 82.5 Å². The zero-order chi connectivity index (χ0) is 21.3. The monoisotopic (exact) mass is 407 g/mol. The summed E-state index contributed by atoms with van der Waals surface area (Å²) in [5.41, 5.74) is 2.45. The van der Waals surface area contributed by atoms with Crippen LogP contribution in [0.15, 0.2) is 65.5 Å². The van der Waals surface area contributed by atoms with Crippen LogP contribution in [0, 0.1) is 6.92 Å². The van der Waals surface area contributed by atoms with Crippen molar-refractivity contribution in [3.05, 3.63) is 76.6 Å². The van der Waals surface area contributed by atoms with Crippen molar-refractivity contribution in [2.24, 2.45) is 0 Å². The van der Waals surface area contributed by atoms with E-state index in [1.165, 1.54) is 10.7 Å². The standard InChI is InChI=1S/C23H25N3O4/c1-3-29-19-10-6-18(7-11-19)21-12-13-23(28)26(25-21)15-14-24-22(27)16-30-20-8-4-17(2)5-9-20/h4-13H,3,14-16H2,1-2H3,(H,24,27). The molecule has 156 valence electrons. The molecule has 1 aromatic heterocycles. The van der Waals surface area contributed by atoms with E-state index in [2.05, 4.69) is 10.4 Å². The van der Waals surface area contributed by atoms with E-state index in [1.54, 1.807) is 6.07 Å². The predicted molar refractivity (Wildman–Crippen MR) is 115 cm³/mol. The molecule has 7 nitrogen and oxygen atoms in total. The van der Waals surface area contributed by atoms with E-state index >= 15 is 0 Å². The Balaban J connectivity index is 1.53. The minimum atomic E-state index is -0.258. The van der Waals surface area contributed by atoms with Crippen LogP contribution in [0.5, 0.6) is 11.5 Å². The smallest absolute Gasteiger partial charge is 0.266 e. The van der Waals surface area contributed by atoms with Crippen LogP contribution in [-0.4, -0.2) is 35.4 Å². The summed E-state index contributed by atoms with van der Waals surface area (Å²) in [7, 11) is 0. The third-order valence-electron chi connectivity index (χ3n) is 4.36. The molecule has 3 rings (SSSR count). The normalized spacial score (nSPS) is 10.5. The Hall–Kier alpha value is -3.61. The highest BCUT2D eigenvalue weighted by atomic mass is 16.5. The summed E-state index contributed by atoms with van der Waals surface area (Å²) in [5, 5.41) is 7.14. The highest BCUT2D eigenvalue weighted by Crippen LogP contribution is 2.19. The molecule has 0 aliphatic heterocycles. The maximum Gasteiger partial charge on any atom is 0.266 e. The average Bonchev–Trinajstić information content (AvgIpc) is 2.75. The fraction of sp³-hybridized carbons (Fsp3) is 0.261. The number of rotatable bonds is 9. The van der Waals surface area contributed by atoms with Crippen LogP contribution in [-0.2, 0) is 11.3 Å². The van der Waals surface area contributed by atoms with Crippen molar-refractivity contribution in [3.63, 3.8) is 0 Å². The van der Waals surface area contributed by atoms with Gasteiger partial charge in [0.25, 0.3) is 11.5 Å². The van der Waals surface area contributed by atoms with Crippen LogP contribution in [0.25, 0.3) is 11.3 Å². The number of aromatic nitrogens is 2. The van der Waals surface area contributed by atoms with E-state index in [0.717, 1.165) is 16.9 Å². The first kappa shape index (κ1) is 21.1. The third-order valence-corrected chi connectivity index (χ3v) is 4.36. The fourth-order valence-corrected chi connectivity index (χ4v) is 2.79. The molecule has 0 saturated carbocycles. The Labute approximate surface area is 175 Å². The van der Waals surface area contributed by atoms with Crippen LogP contribution in [0.4, 0.5) is 0 Å². The summed E-state index contributed by atoms with van der Waals surface area (Å²) in [6.07, 6.45) is 0. The van der Waals surface area contributed by atoms with Gasteiger partial charge < -0.3 is 14.8 Å². The molecule has 0 spiro atoms. The molecule has 0 atom stereocenters. The Bertz CT molecular complexity index is 1030. The van der Waals surface area contributed by atoms with Crippen molar-refractivity contribution in [2.45, 2.75) is 20.4 Å². The van der Waals surface area contributed by atoms with Crippen molar-refractivity contribution in [3.8, 4) is 22.8 Å². The zero-order valence-electron chi connectivity index (χ0n) is 17.1. The highest BCUT2D eigenvalue weighted by molar-refractivity contribution is 5.77. The molecule has 0 bridgehead atoms. The van der Waals surface area contributed by atoms with Crippen molar-refractivity contribution in [1.82, 2.24) is 15.1 Å². The van der Waals surface area contributed by atoms with E-state index in [4.69, 9.17) is 9.47 Å². The summed E-state index contributed by atoms with van der Waals surface area (Å²) < 4.78 is 12.2. The number of nitrogens with one attached hydrogen (secondary N) is 1. The predicted octanol–water partition coefficient (Wildman–Crippen LogP) is 2.81. The molecule has 2 aromatic carbocycles. The molecule has 7 heteroatoms. The van der Waals surface area contributed by atoms with Crippen LogP contribution < -0.4 is 20.3 Å². The summed E-state index contributed by atoms with van der Waals surface area (Å²) in [5.74, 6) is 1.16. The molecule has 0 aliphatic rings. The van der Waals surface area contributed by atoms with Gasteiger partial charge in [-0.3, -0.25) is 9.59 Å². The second-order valence-electron chi connectivity index (χ2n) is 6.69. The van der Waals surface area contributed by atoms with Crippen LogP contribution in [0.1, 0.15) is 12.5 Å². The first-order valence-corrected chi connectivity index (χ1v) is 9.82. The maximum atomic E-state index is 12.1. The Morgan fingerprint density at radius 3 is 2.33 bits per heavy atom. The lowest BCUT2D eigenvalue weighted by Gasteiger charge is -2.10. The lowest BCUT2D eigenvalue weighted by Crippen LogP contribution is -2.34. The van der Waals surface area contributed by atoms with E-state index < -0.39 is 0 Å². The van der Waals surface area contributed by atoms with E-state index in [9.17, 15) is 9.59 Å². The Morgan fingerprint density at radius 1 is 0.967 bits per heavy atom. The molecule has 30 heavy (non-hydrogen) atoms. The van der Waals surface area contributed by atoms with E-state index in [1.807, 2.05) is 62.4 Å². The molecule has 1 amide bonds. The van der Waals surface area contributed by atoms with E-state index in [0.29, 0.717) is 18.1 Å². The SMILES string of the molecule is CCOc1ccc(-c2ccc(=O)n(CCNC(=O)COc3ccc(C)cc3)n2)cc1. The molecular formula is C23H25N3O4. The third kappa shape index (κ3) is 5.94. The molecule has 0 saturated heterocycles. The summed E-state index contributed by atoms with van der Waals surface area (Å²) in [6.45, 7) is 4.97. The molecular weight excluding hydrogens is 382 g/mol. The molecule has 0 aliphatic carbocycles. The zero-order valence-corrected chi connectivity index (χ0v) is 17.1. The number of amides is 1. The minimum Gasteiger partial charge on any atom is -0.494 e. The van der Waals surface area contributed by atoms with Gasteiger partial charge in [0.15, 0.2) is 6.61 Å². The second-order valence-corrected chi connectivity index (χ2v) is 6.69.